The Bertz CT molecular complexity index is 588. The van der Waals surface area contributed by atoms with Crippen molar-refractivity contribution < 1.29 is 14.6 Å². The van der Waals surface area contributed by atoms with Gasteiger partial charge in [0.25, 0.3) is 0 Å². The summed E-state index contributed by atoms with van der Waals surface area (Å²) in [5.74, 6) is 0. The van der Waals surface area contributed by atoms with Crippen LogP contribution in [0.25, 0.3) is 0 Å². The summed E-state index contributed by atoms with van der Waals surface area (Å²) in [5, 5.41) is 13.5. The van der Waals surface area contributed by atoms with E-state index in [9.17, 15) is 9.90 Å². The number of ether oxygens (including phenoxy) is 1. The van der Waals surface area contributed by atoms with Crippen LogP contribution in [0.4, 0.5) is 4.79 Å². The monoisotopic (exact) mass is 344 g/mol. The fraction of sp³-hybridized carbons (Fsp3) is 0.550. The zero-order chi connectivity index (χ0) is 17.5. The van der Waals surface area contributed by atoms with Crippen molar-refractivity contribution in [3.05, 3.63) is 47.5 Å². The highest BCUT2D eigenvalue weighted by atomic mass is 16.5. The molecule has 1 heterocycles. The molecule has 0 bridgehead atoms. The number of nitrogens with zero attached hydrogens (tertiary/aromatic N) is 1. The van der Waals surface area contributed by atoms with Crippen LogP contribution in [0.1, 0.15) is 43.8 Å². The van der Waals surface area contributed by atoms with Gasteiger partial charge in [-0.05, 0) is 31.2 Å². The van der Waals surface area contributed by atoms with Crippen LogP contribution in [0.5, 0.6) is 0 Å². The number of hydrogen-bond acceptors (Lipinski definition) is 3. The molecular weight excluding hydrogens is 316 g/mol. The van der Waals surface area contributed by atoms with E-state index in [-0.39, 0.29) is 12.1 Å². The minimum absolute atomic E-state index is 0.0489. The molecule has 1 aliphatic carbocycles. The molecule has 2 aliphatic rings. The average molecular weight is 344 g/mol. The standard InChI is InChI=1S/C20H28N2O3/c23-19(17-8-2-1-3-9-17)14-18-15-25-13-12-22(18)20(24)21-11-10-16-6-4-5-7-16/h1-3,6,8-9,18-19,23H,4-5,7,10-15H2,(H,21,24). The first-order valence-corrected chi connectivity index (χ1v) is 9.27. The zero-order valence-corrected chi connectivity index (χ0v) is 14.7. The van der Waals surface area contributed by atoms with Gasteiger partial charge in [-0.2, -0.15) is 0 Å². The number of urea groups is 1. The molecule has 3 rings (SSSR count). The average Bonchev–Trinajstić information content (AvgIpc) is 3.16. The summed E-state index contributed by atoms with van der Waals surface area (Å²) in [5.41, 5.74) is 2.33. The van der Waals surface area contributed by atoms with Gasteiger partial charge in [0, 0.05) is 19.5 Å². The topological polar surface area (TPSA) is 61.8 Å². The summed E-state index contributed by atoms with van der Waals surface area (Å²) < 4.78 is 5.54. The molecule has 2 unspecified atom stereocenters. The smallest absolute Gasteiger partial charge is 0.317 e. The highest BCUT2D eigenvalue weighted by Crippen LogP contribution is 2.23. The molecular formula is C20H28N2O3. The number of aliphatic hydroxyl groups is 1. The van der Waals surface area contributed by atoms with Crippen LogP contribution < -0.4 is 5.32 Å². The lowest BCUT2D eigenvalue weighted by Gasteiger charge is -2.36. The molecule has 0 saturated carbocycles. The Morgan fingerprint density at radius 2 is 2.20 bits per heavy atom. The number of hydrogen-bond donors (Lipinski definition) is 2. The molecule has 0 radical (unpaired) electrons. The number of benzene rings is 1. The van der Waals surface area contributed by atoms with Crippen molar-refractivity contribution in [2.75, 3.05) is 26.3 Å². The van der Waals surface area contributed by atoms with E-state index in [4.69, 9.17) is 4.74 Å². The Hall–Kier alpha value is -1.85. The number of nitrogens with one attached hydrogen (secondary N) is 1. The van der Waals surface area contributed by atoms with E-state index >= 15 is 0 Å². The van der Waals surface area contributed by atoms with Gasteiger partial charge >= 0.3 is 6.03 Å². The lowest BCUT2D eigenvalue weighted by atomic mass is 10.0. The number of rotatable bonds is 6. The minimum Gasteiger partial charge on any atom is -0.388 e. The van der Waals surface area contributed by atoms with E-state index in [1.54, 1.807) is 0 Å². The Morgan fingerprint density at radius 3 is 2.96 bits per heavy atom. The highest BCUT2D eigenvalue weighted by molar-refractivity contribution is 5.74. The van der Waals surface area contributed by atoms with Crippen LogP contribution in [0.3, 0.4) is 0 Å². The van der Waals surface area contributed by atoms with Crippen molar-refractivity contribution in [1.82, 2.24) is 10.2 Å². The number of carbonyl (C=O) groups excluding carboxylic acids is 1. The van der Waals surface area contributed by atoms with E-state index in [1.807, 2.05) is 35.2 Å². The van der Waals surface area contributed by atoms with Crippen LogP contribution in [-0.2, 0) is 4.74 Å². The first-order valence-electron chi connectivity index (χ1n) is 9.27. The van der Waals surface area contributed by atoms with Crippen LogP contribution >= 0.6 is 0 Å². The highest BCUT2D eigenvalue weighted by Gasteiger charge is 2.29. The molecule has 2 N–H and O–H groups in total. The number of aliphatic hydroxyl groups excluding tert-OH is 1. The Kier molecular flexibility index (Phi) is 6.48. The summed E-state index contributed by atoms with van der Waals surface area (Å²) in [6.07, 6.45) is 6.71. The lowest BCUT2D eigenvalue weighted by molar-refractivity contribution is -0.00686. The Morgan fingerprint density at radius 1 is 1.36 bits per heavy atom. The first kappa shape index (κ1) is 18.0. The van der Waals surface area contributed by atoms with Crippen molar-refractivity contribution in [2.45, 2.75) is 44.2 Å². The molecule has 25 heavy (non-hydrogen) atoms. The second-order valence-corrected chi connectivity index (χ2v) is 6.82. The molecule has 1 aromatic rings. The number of allylic oxidation sites excluding steroid dienone is 1. The molecule has 0 spiro atoms. The van der Waals surface area contributed by atoms with E-state index in [2.05, 4.69) is 11.4 Å². The molecule has 2 amide bonds. The van der Waals surface area contributed by atoms with Crippen molar-refractivity contribution in [3.8, 4) is 0 Å². The minimum atomic E-state index is -0.591. The van der Waals surface area contributed by atoms with E-state index in [1.165, 1.54) is 24.8 Å². The summed E-state index contributed by atoms with van der Waals surface area (Å²) in [7, 11) is 0. The van der Waals surface area contributed by atoms with Crippen LogP contribution in [-0.4, -0.2) is 48.4 Å². The maximum absolute atomic E-state index is 12.6. The third-order valence-electron chi connectivity index (χ3n) is 5.03. The van der Waals surface area contributed by atoms with Gasteiger partial charge in [0.05, 0.1) is 25.4 Å². The van der Waals surface area contributed by atoms with Crippen molar-refractivity contribution >= 4 is 6.03 Å². The van der Waals surface area contributed by atoms with Gasteiger partial charge in [0.15, 0.2) is 0 Å². The van der Waals surface area contributed by atoms with Crippen molar-refractivity contribution in [2.24, 2.45) is 0 Å². The van der Waals surface area contributed by atoms with E-state index < -0.39 is 6.10 Å². The second-order valence-electron chi connectivity index (χ2n) is 6.82. The summed E-state index contributed by atoms with van der Waals surface area (Å²) in [6, 6.07) is 9.43. The van der Waals surface area contributed by atoms with Crippen molar-refractivity contribution in [3.63, 3.8) is 0 Å². The summed E-state index contributed by atoms with van der Waals surface area (Å²) >= 11 is 0. The maximum Gasteiger partial charge on any atom is 0.317 e. The molecule has 1 fully saturated rings. The summed E-state index contributed by atoms with van der Waals surface area (Å²) in [6.45, 7) is 2.27. The van der Waals surface area contributed by atoms with Crippen molar-refractivity contribution in [1.29, 1.82) is 0 Å². The molecule has 5 nitrogen and oxygen atoms in total. The molecule has 5 heteroatoms. The Balaban J connectivity index is 1.51. The molecule has 136 valence electrons. The Labute approximate surface area is 149 Å². The van der Waals surface area contributed by atoms with Gasteiger partial charge in [-0.1, -0.05) is 42.0 Å². The molecule has 2 atom stereocenters. The van der Waals surface area contributed by atoms with Gasteiger partial charge in [0.2, 0.25) is 0 Å². The maximum atomic E-state index is 12.6. The van der Waals surface area contributed by atoms with Crippen LogP contribution in [0.15, 0.2) is 42.0 Å². The lowest BCUT2D eigenvalue weighted by Crippen LogP contribution is -2.53. The molecule has 1 saturated heterocycles. The normalized spacial score (nSPS) is 21.7. The summed E-state index contributed by atoms with van der Waals surface area (Å²) in [4.78, 5) is 14.4. The first-order chi connectivity index (χ1) is 12.2. The SMILES string of the molecule is O=C(NCCC1=CCCC1)N1CCOCC1CC(O)c1ccccc1. The fourth-order valence-electron chi connectivity index (χ4n) is 3.58. The molecule has 1 aliphatic heterocycles. The van der Waals surface area contributed by atoms with Gasteiger partial charge in [0.1, 0.15) is 0 Å². The largest absolute Gasteiger partial charge is 0.388 e. The number of amides is 2. The number of morpholine rings is 1. The predicted octanol–water partition coefficient (Wildman–Crippen LogP) is 3.02. The van der Waals surface area contributed by atoms with Crippen LogP contribution in [0.2, 0.25) is 0 Å². The van der Waals surface area contributed by atoms with Gasteiger partial charge in [-0.3, -0.25) is 0 Å². The predicted molar refractivity (Wildman–Crippen MR) is 97.3 cm³/mol. The van der Waals surface area contributed by atoms with Gasteiger partial charge in [-0.15, -0.1) is 0 Å². The molecule has 1 aromatic carbocycles. The van der Waals surface area contributed by atoms with Gasteiger partial charge < -0.3 is 20.1 Å². The van der Waals surface area contributed by atoms with E-state index in [0.717, 1.165) is 12.0 Å². The zero-order valence-electron chi connectivity index (χ0n) is 14.7. The van der Waals surface area contributed by atoms with Gasteiger partial charge in [-0.25, -0.2) is 4.79 Å². The third-order valence-corrected chi connectivity index (χ3v) is 5.03. The quantitative estimate of drug-likeness (QED) is 0.780. The van der Waals surface area contributed by atoms with E-state index in [0.29, 0.717) is 32.7 Å². The molecule has 0 aromatic heterocycles. The second kappa shape index (κ2) is 9.02. The number of carbonyl (C=O) groups is 1. The third kappa shape index (κ3) is 5.06. The fourth-order valence-corrected chi connectivity index (χ4v) is 3.58. The van der Waals surface area contributed by atoms with Crippen LogP contribution in [0, 0.1) is 0 Å².